The lowest BCUT2D eigenvalue weighted by molar-refractivity contribution is 0.0783. The standard InChI is InChI=1S/C14H12BrClN2O/c1-18(9-10-4-6-11(16)7-5-10)14(19)12-3-2-8-17-13(12)15/h2-8H,9H2,1H3. The molecule has 0 radical (unpaired) electrons. The van der Waals surface area contributed by atoms with E-state index < -0.39 is 0 Å². The second-order valence-corrected chi connectivity index (χ2v) is 5.32. The molecule has 5 heteroatoms. The second-order valence-electron chi connectivity index (χ2n) is 4.13. The molecule has 2 aromatic rings. The summed E-state index contributed by atoms with van der Waals surface area (Å²) in [5, 5.41) is 0.688. The molecule has 0 N–H and O–H groups in total. The van der Waals surface area contributed by atoms with Gasteiger partial charge < -0.3 is 4.90 Å². The molecule has 0 fully saturated rings. The predicted octanol–water partition coefficient (Wildman–Crippen LogP) is 3.77. The fourth-order valence-corrected chi connectivity index (χ4v) is 2.23. The highest BCUT2D eigenvalue weighted by Crippen LogP contribution is 2.16. The number of rotatable bonds is 3. The minimum absolute atomic E-state index is 0.0741. The molecule has 1 aromatic carbocycles. The topological polar surface area (TPSA) is 33.2 Å². The zero-order valence-corrected chi connectivity index (χ0v) is 12.6. The minimum Gasteiger partial charge on any atom is -0.337 e. The highest BCUT2D eigenvalue weighted by atomic mass is 79.9. The number of carbonyl (C=O) groups is 1. The zero-order chi connectivity index (χ0) is 13.8. The summed E-state index contributed by atoms with van der Waals surface area (Å²) in [6.45, 7) is 0.525. The first-order valence-electron chi connectivity index (χ1n) is 5.68. The number of pyridine rings is 1. The largest absolute Gasteiger partial charge is 0.337 e. The summed E-state index contributed by atoms with van der Waals surface area (Å²) in [6.07, 6.45) is 1.64. The molecule has 0 bridgehead atoms. The van der Waals surface area contributed by atoms with Gasteiger partial charge in [-0.05, 0) is 45.8 Å². The van der Waals surface area contributed by atoms with Crippen LogP contribution in [-0.4, -0.2) is 22.8 Å². The van der Waals surface area contributed by atoms with Crippen LogP contribution < -0.4 is 0 Å². The van der Waals surface area contributed by atoms with Crippen molar-refractivity contribution in [3.05, 3.63) is 63.3 Å². The number of carbonyl (C=O) groups excluding carboxylic acids is 1. The number of hydrogen-bond acceptors (Lipinski definition) is 2. The number of amides is 1. The maximum absolute atomic E-state index is 12.3. The lowest BCUT2D eigenvalue weighted by Gasteiger charge is -2.17. The highest BCUT2D eigenvalue weighted by Gasteiger charge is 2.15. The molecule has 0 aliphatic heterocycles. The first-order valence-corrected chi connectivity index (χ1v) is 6.85. The van der Waals surface area contributed by atoms with Crippen molar-refractivity contribution in [2.45, 2.75) is 6.54 Å². The van der Waals surface area contributed by atoms with Crippen LogP contribution in [0.25, 0.3) is 0 Å². The van der Waals surface area contributed by atoms with E-state index >= 15 is 0 Å². The van der Waals surface area contributed by atoms with Crippen LogP contribution in [-0.2, 0) is 6.54 Å². The lowest BCUT2D eigenvalue weighted by atomic mass is 10.2. The molecule has 3 nitrogen and oxygen atoms in total. The summed E-state index contributed by atoms with van der Waals surface area (Å²) in [6, 6.07) is 10.9. The molecule has 2 rings (SSSR count). The molecule has 0 saturated heterocycles. The summed E-state index contributed by atoms with van der Waals surface area (Å²) in [5.74, 6) is -0.0741. The van der Waals surface area contributed by atoms with Crippen LogP contribution in [0.3, 0.4) is 0 Å². The van der Waals surface area contributed by atoms with E-state index in [0.717, 1.165) is 5.56 Å². The Morgan fingerprint density at radius 3 is 2.63 bits per heavy atom. The normalized spacial score (nSPS) is 10.3. The van der Waals surface area contributed by atoms with Crippen LogP contribution in [0.15, 0.2) is 47.2 Å². The van der Waals surface area contributed by atoms with Crippen LogP contribution in [0.1, 0.15) is 15.9 Å². The van der Waals surface area contributed by atoms with Crippen LogP contribution in [0.2, 0.25) is 5.02 Å². The second kappa shape index (κ2) is 6.17. The quantitative estimate of drug-likeness (QED) is 0.798. The number of hydrogen-bond donors (Lipinski definition) is 0. The Labute approximate surface area is 125 Å². The Morgan fingerprint density at radius 1 is 1.32 bits per heavy atom. The van der Waals surface area contributed by atoms with Crippen LogP contribution in [0.4, 0.5) is 0 Å². The van der Waals surface area contributed by atoms with E-state index in [1.165, 1.54) is 0 Å². The maximum Gasteiger partial charge on any atom is 0.256 e. The van der Waals surface area contributed by atoms with Gasteiger partial charge in [0.2, 0.25) is 0 Å². The molecule has 1 amide bonds. The fourth-order valence-electron chi connectivity index (χ4n) is 1.69. The van der Waals surface area contributed by atoms with Gasteiger partial charge >= 0.3 is 0 Å². The van der Waals surface area contributed by atoms with Crippen molar-refractivity contribution in [3.8, 4) is 0 Å². The maximum atomic E-state index is 12.3. The summed E-state index contributed by atoms with van der Waals surface area (Å²) in [5.41, 5.74) is 1.58. The van der Waals surface area contributed by atoms with Gasteiger partial charge in [-0.1, -0.05) is 23.7 Å². The molecule has 0 aliphatic rings. The summed E-state index contributed by atoms with van der Waals surface area (Å²) < 4.78 is 0.558. The smallest absolute Gasteiger partial charge is 0.256 e. The predicted molar refractivity (Wildman–Crippen MR) is 79.2 cm³/mol. The molecule has 1 aromatic heterocycles. The van der Waals surface area contributed by atoms with Gasteiger partial charge in [0.05, 0.1) is 5.56 Å². The molecule has 0 saturated carbocycles. The first kappa shape index (κ1) is 14.0. The zero-order valence-electron chi connectivity index (χ0n) is 10.3. The highest BCUT2D eigenvalue weighted by molar-refractivity contribution is 9.10. The van der Waals surface area contributed by atoms with E-state index in [4.69, 9.17) is 11.6 Å². The monoisotopic (exact) mass is 338 g/mol. The summed E-state index contributed by atoms with van der Waals surface area (Å²) >= 11 is 9.12. The Morgan fingerprint density at radius 2 is 2.00 bits per heavy atom. The molecule has 0 atom stereocenters. The van der Waals surface area contributed by atoms with Crippen LogP contribution in [0, 0.1) is 0 Å². The van der Waals surface area contributed by atoms with Crippen molar-refractivity contribution in [1.82, 2.24) is 9.88 Å². The van der Waals surface area contributed by atoms with E-state index in [0.29, 0.717) is 21.7 Å². The third kappa shape index (κ3) is 3.55. The van der Waals surface area contributed by atoms with Gasteiger partial charge in [-0.15, -0.1) is 0 Å². The van der Waals surface area contributed by atoms with E-state index in [2.05, 4.69) is 20.9 Å². The molecule has 0 spiro atoms. The van der Waals surface area contributed by atoms with Crippen LogP contribution in [0.5, 0.6) is 0 Å². The van der Waals surface area contributed by atoms with Gasteiger partial charge in [0.25, 0.3) is 5.91 Å². The number of halogens is 2. The fraction of sp³-hybridized carbons (Fsp3) is 0.143. The summed E-state index contributed by atoms with van der Waals surface area (Å²) in [4.78, 5) is 18.0. The Bertz CT molecular complexity index is 586. The van der Waals surface area contributed by atoms with Crippen molar-refractivity contribution >= 4 is 33.4 Å². The third-order valence-corrected chi connectivity index (χ3v) is 3.55. The number of nitrogens with zero attached hydrogens (tertiary/aromatic N) is 2. The van der Waals surface area contributed by atoms with E-state index in [-0.39, 0.29) is 5.91 Å². The lowest BCUT2D eigenvalue weighted by Crippen LogP contribution is -2.26. The molecule has 98 valence electrons. The first-order chi connectivity index (χ1) is 9.08. The Balaban J connectivity index is 2.12. The Kier molecular flexibility index (Phi) is 4.56. The van der Waals surface area contributed by atoms with Gasteiger partial charge in [0.15, 0.2) is 0 Å². The van der Waals surface area contributed by atoms with Crippen molar-refractivity contribution in [2.75, 3.05) is 7.05 Å². The SMILES string of the molecule is CN(Cc1ccc(Cl)cc1)C(=O)c1cccnc1Br. The van der Waals surface area contributed by atoms with Gasteiger partial charge in [0.1, 0.15) is 4.60 Å². The van der Waals surface area contributed by atoms with E-state index in [9.17, 15) is 4.79 Å². The molecule has 19 heavy (non-hydrogen) atoms. The van der Waals surface area contributed by atoms with Gasteiger partial charge in [0, 0.05) is 24.8 Å². The average Bonchev–Trinajstić information content (AvgIpc) is 2.41. The van der Waals surface area contributed by atoms with Crippen molar-refractivity contribution < 1.29 is 4.79 Å². The molecule has 0 aliphatic carbocycles. The van der Waals surface area contributed by atoms with Crippen molar-refractivity contribution in [2.24, 2.45) is 0 Å². The van der Waals surface area contributed by atoms with Crippen molar-refractivity contribution in [1.29, 1.82) is 0 Å². The number of aromatic nitrogens is 1. The minimum atomic E-state index is -0.0741. The third-order valence-electron chi connectivity index (χ3n) is 2.67. The number of benzene rings is 1. The van der Waals surface area contributed by atoms with Gasteiger partial charge in [-0.3, -0.25) is 4.79 Å². The van der Waals surface area contributed by atoms with Crippen LogP contribution >= 0.6 is 27.5 Å². The van der Waals surface area contributed by atoms with Gasteiger partial charge in [-0.25, -0.2) is 4.98 Å². The molecular formula is C14H12BrClN2O. The van der Waals surface area contributed by atoms with Gasteiger partial charge in [-0.2, -0.15) is 0 Å². The molecule has 0 unspecified atom stereocenters. The van der Waals surface area contributed by atoms with E-state index in [1.54, 1.807) is 30.3 Å². The average molecular weight is 340 g/mol. The summed E-state index contributed by atoms with van der Waals surface area (Å²) in [7, 11) is 1.76. The van der Waals surface area contributed by atoms with E-state index in [1.807, 2.05) is 24.3 Å². The molecule has 1 heterocycles. The molecular weight excluding hydrogens is 328 g/mol. The Hall–Kier alpha value is -1.39. The van der Waals surface area contributed by atoms with Crippen molar-refractivity contribution in [3.63, 3.8) is 0 Å².